The van der Waals surface area contributed by atoms with E-state index in [4.69, 9.17) is 9.84 Å². The maximum atomic E-state index is 5.83. The van der Waals surface area contributed by atoms with Crippen LogP contribution >= 0.6 is 0 Å². The fourth-order valence-corrected chi connectivity index (χ4v) is 4.00. The molecule has 5 nitrogen and oxygen atoms in total. The molecule has 0 bridgehead atoms. The van der Waals surface area contributed by atoms with Crippen LogP contribution in [0.25, 0.3) is 5.69 Å². The van der Waals surface area contributed by atoms with E-state index in [0.29, 0.717) is 12.5 Å². The largest absolute Gasteiger partial charge is 0.492 e. The first kappa shape index (κ1) is 15.5. The van der Waals surface area contributed by atoms with Gasteiger partial charge in [0, 0.05) is 24.6 Å². The summed E-state index contributed by atoms with van der Waals surface area (Å²) in [5, 5.41) is 8.59. The van der Waals surface area contributed by atoms with Gasteiger partial charge in [0.1, 0.15) is 17.3 Å². The van der Waals surface area contributed by atoms with E-state index in [1.807, 2.05) is 19.1 Å². The summed E-state index contributed by atoms with van der Waals surface area (Å²) >= 11 is 0. The molecule has 5 heteroatoms. The molecular formula is C19H26N4O. The van der Waals surface area contributed by atoms with E-state index in [1.54, 1.807) is 0 Å². The number of piperidine rings is 1. The third kappa shape index (κ3) is 2.67. The fraction of sp³-hybridized carbons (Fsp3) is 0.526. The van der Waals surface area contributed by atoms with Gasteiger partial charge in [-0.25, -0.2) is 4.68 Å². The fourth-order valence-electron chi connectivity index (χ4n) is 4.00. The molecule has 1 aromatic carbocycles. The number of likely N-dealkylation sites (N-methyl/N-ethyl adjacent to an activating group) is 1. The van der Waals surface area contributed by atoms with E-state index >= 15 is 0 Å². The Kier molecular flexibility index (Phi) is 4.19. The van der Waals surface area contributed by atoms with Crippen molar-refractivity contribution in [3.05, 3.63) is 35.5 Å². The van der Waals surface area contributed by atoms with Gasteiger partial charge in [-0.2, -0.15) is 5.10 Å². The first-order valence-corrected chi connectivity index (χ1v) is 9.04. The third-order valence-electron chi connectivity index (χ3n) is 5.09. The number of fused-ring (bicyclic) bond motifs is 1. The Hall–Kier alpha value is -2.01. The van der Waals surface area contributed by atoms with E-state index in [2.05, 4.69) is 34.1 Å². The average Bonchev–Trinajstić information content (AvgIpc) is 3.18. The zero-order chi connectivity index (χ0) is 16.5. The van der Waals surface area contributed by atoms with Gasteiger partial charge in [0.2, 0.25) is 0 Å². The summed E-state index contributed by atoms with van der Waals surface area (Å²) in [4.78, 5) is 2.43. The molecule has 24 heavy (non-hydrogen) atoms. The second-order valence-electron chi connectivity index (χ2n) is 6.80. The van der Waals surface area contributed by atoms with Crippen LogP contribution in [0, 0.1) is 0 Å². The Morgan fingerprint density at radius 2 is 2.21 bits per heavy atom. The molecule has 1 saturated heterocycles. The maximum Gasteiger partial charge on any atom is 0.145 e. The lowest BCUT2D eigenvalue weighted by atomic mass is 9.92. The lowest BCUT2D eigenvalue weighted by Crippen LogP contribution is -2.31. The number of rotatable bonds is 4. The Balaban J connectivity index is 1.77. The van der Waals surface area contributed by atoms with Crippen molar-refractivity contribution in [1.29, 1.82) is 0 Å². The molecule has 0 aliphatic carbocycles. The number of nitrogens with one attached hydrogen (secondary N) is 1. The first-order valence-electron chi connectivity index (χ1n) is 9.04. The van der Waals surface area contributed by atoms with Gasteiger partial charge in [0.25, 0.3) is 0 Å². The average molecular weight is 326 g/mol. The van der Waals surface area contributed by atoms with E-state index in [9.17, 15) is 0 Å². The third-order valence-corrected chi connectivity index (χ3v) is 5.09. The van der Waals surface area contributed by atoms with Crippen LogP contribution in [-0.4, -0.2) is 48.0 Å². The van der Waals surface area contributed by atoms with Crippen molar-refractivity contribution < 1.29 is 4.74 Å². The Labute approximate surface area is 143 Å². The molecule has 2 aliphatic rings. The molecule has 1 atom stereocenters. The number of hydrogen-bond donors (Lipinski definition) is 1. The number of likely N-dealkylation sites (tertiary alicyclic amines) is 1. The van der Waals surface area contributed by atoms with Gasteiger partial charge in [0.15, 0.2) is 0 Å². The summed E-state index contributed by atoms with van der Waals surface area (Å²) in [5.41, 5.74) is 3.72. The molecule has 128 valence electrons. The molecule has 1 fully saturated rings. The molecule has 0 saturated carbocycles. The van der Waals surface area contributed by atoms with Crippen LogP contribution in [0.5, 0.6) is 5.75 Å². The molecule has 0 amide bonds. The van der Waals surface area contributed by atoms with Gasteiger partial charge in [-0.05, 0) is 51.9 Å². The summed E-state index contributed by atoms with van der Waals surface area (Å²) in [7, 11) is 2.21. The summed E-state index contributed by atoms with van der Waals surface area (Å²) in [6, 6.07) is 8.18. The summed E-state index contributed by atoms with van der Waals surface area (Å²) in [6.07, 6.45) is 3.56. The number of benzene rings is 1. The van der Waals surface area contributed by atoms with Crippen LogP contribution in [0.1, 0.15) is 36.9 Å². The van der Waals surface area contributed by atoms with Crippen molar-refractivity contribution in [2.24, 2.45) is 0 Å². The van der Waals surface area contributed by atoms with Gasteiger partial charge in [-0.3, -0.25) is 0 Å². The minimum absolute atomic E-state index is 0.540. The maximum absolute atomic E-state index is 5.83. The van der Waals surface area contributed by atoms with Crippen LogP contribution in [-0.2, 0) is 6.42 Å². The summed E-state index contributed by atoms with van der Waals surface area (Å²) in [5.74, 6) is 2.59. The van der Waals surface area contributed by atoms with Crippen LogP contribution in [0.3, 0.4) is 0 Å². The molecule has 1 unspecified atom stereocenters. The molecule has 2 aromatic rings. The molecule has 1 N–H and O–H groups in total. The van der Waals surface area contributed by atoms with Crippen molar-refractivity contribution in [3.8, 4) is 11.4 Å². The van der Waals surface area contributed by atoms with Crippen LogP contribution in [0.4, 0.5) is 5.82 Å². The van der Waals surface area contributed by atoms with Crippen molar-refractivity contribution in [2.45, 2.75) is 32.1 Å². The highest BCUT2D eigenvalue weighted by molar-refractivity contribution is 5.60. The predicted molar refractivity (Wildman–Crippen MR) is 96.4 cm³/mol. The minimum Gasteiger partial charge on any atom is -0.492 e. The van der Waals surface area contributed by atoms with E-state index < -0.39 is 0 Å². The lowest BCUT2D eigenvalue weighted by molar-refractivity contribution is 0.247. The van der Waals surface area contributed by atoms with Crippen molar-refractivity contribution in [1.82, 2.24) is 14.7 Å². The monoisotopic (exact) mass is 326 g/mol. The topological polar surface area (TPSA) is 42.3 Å². The van der Waals surface area contributed by atoms with Gasteiger partial charge in [-0.15, -0.1) is 0 Å². The van der Waals surface area contributed by atoms with Gasteiger partial charge in [0.05, 0.1) is 12.3 Å². The standard InChI is InChI=1S/C19H26N4O/c1-3-24-17-9-5-4-8-16(17)23-19-15(10-11-20-19)18(21-23)14-7-6-12-22(2)13-14/h4-5,8-9,14,20H,3,6-7,10-13H2,1-2H3. The zero-order valence-corrected chi connectivity index (χ0v) is 14.6. The van der Waals surface area contributed by atoms with Crippen LogP contribution in [0.15, 0.2) is 24.3 Å². The first-order chi connectivity index (χ1) is 11.8. The lowest BCUT2D eigenvalue weighted by Gasteiger charge is -2.29. The molecule has 1 aromatic heterocycles. The van der Waals surface area contributed by atoms with Gasteiger partial charge < -0.3 is 15.0 Å². The zero-order valence-electron chi connectivity index (χ0n) is 14.6. The normalized spacial score (nSPS) is 20.7. The number of aromatic nitrogens is 2. The molecular weight excluding hydrogens is 300 g/mol. The molecule has 2 aliphatic heterocycles. The Morgan fingerprint density at radius 3 is 3.04 bits per heavy atom. The number of para-hydroxylation sites is 2. The highest BCUT2D eigenvalue weighted by Crippen LogP contribution is 2.37. The summed E-state index contributed by atoms with van der Waals surface area (Å²) < 4.78 is 7.89. The second kappa shape index (κ2) is 6.48. The highest BCUT2D eigenvalue weighted by Gasteiger charge is 2.30. The number of nitrogens with zero attached hydrogens (tertiary/aromatic N) is 3. The number of hydrogen-bond acceptors (Lipinski definition) is 4. The van der Waals surface area contributed by atoms with E-state index in [-0.39, 0.29) is 0 Å². The van der Waals surface area contributed by atoms with E-state index in [1.165, 1.54) is 30.6 Å². The number of anilines is 1. The van der Waals surface area contributed by atoms with Crippen LogP contribution < -0.4 is 10.1 Å². The predicted octanol–water partition coefficient (Wildman–Crippen LogP) is 3.05. The summed E-state index contributed by atoms with van der Waals surface area (Å²) in [6.45, 7) is 5.99. The quantitative estimate of drug-likeness (QED) is 0.938. The molecule has 4 rings (SSSR count). The minimum atomic E-state index is 0.540. The SMILES string of the molecule is CCOc1ccccc1-n1nc(C2CCCN(C)C2)c2c1NCC2. The Bertz CT molecular complexity index is 724. The molecule has 3 heterocycles. The molecule has 0 radical (unpaired) electrons. The van der Waals surface area contributed by atoms with Crippen LogP contribution in [0.2, 0.25) is 0 Å². The van der Waals surface area contributed by atoms with E-state index in [0.717, 1.165) is 36.8 Å². The smallest absolute Gasteiger partial charge is 0.145 e. The highest BCUT2D eigenvalue weighted by atomic mass is 16.5. The van der Waals surface area contributed by atoms with Gasteiger partial charge in [-0.1, -0.05) is 12.1 Å². The molecule has 0 spiro atoms. The Morgan fingerprint density at radius 1 is 1.33 bits per heavy atom. The van der Waals surface area contributed by atoms with Crippen molar-refractivity contribution >= 4 is 5.82 Å². The van der Waals surface area contributed by atoms with Crippen molar-refractivity contribution in [2.75, 3.05) is 38.6 Å². The van der Waals surface area contributed by atoms with Gasteiger partial charge >= 0.3 is 0 Å². The number of ether oxygens (including phenoxy) is 1. The van der Waals surface area contributed by atoms with Crippen molar-refractivity contribution in [3.63, 3.8) is 0 Å². The second-order valence-corrected chi connectivity index (χ2v) is 6.80.